The van der Waals surface area contributed by atoms with Crippen molar-refractivity contribution in [3.63, 3.8) is 0 Å². The molecule has 0 unspecified atom stereocenters. The molecule has 100 valence electrons. The third-order valence-corrected chi connectivity index (χ3v) is 3.70. The molecule has 0 aromatic heterocycles. The molecule has 3 nitrogen and oxygen atoms in total. The number of methoxy groups -OCH3 is 2. The first kappa shape index (κ1) is 13.4. The van der Waals surface area contributed by atoms with Gasteiger partial charge in [-0.2, -0.15) is 0 Å². The maximum absolute atomic E-state index is 5.50. The molecule has 0 bridgehead atoms. The van der Waals surface area contributed by atoms with Crippen LogP contribution in [0.25, 0.3) is 0 Å². The number of benzene rings is 1. The Balaban J connectivity index is 2.16. The van der Waals surface area contributed by atoms with Crippen molar-refractivity contribution < 1.29 is 9.47 Å². The molecular weight excluding hydrogens is 226 g/mol. The molecule has 2 rings (SSSR count). The number of nitrogens with one attached hydrogen (secondary N) is 1. The van der Waals surface area contributed by atoms with Gasteiger partial charge in [0.1, 0.15) is 5.75 Å². The van der Waals surface area contributed by atoms with Gasteiger partial charge in [-0.05, 0) is 55.5 Å². The van der Waals surface area contributed by atoms with Crippen molar-refractivity contribution in [2.24, 2.45) is 5.92 Å². The van der Waals surface area contributed by atoms with E-state index in [-0.39, 0.29) is 0 Å². The normalized spacial score (nSPS) is 16.8. The van der Waals surface area contributed by atoms with Gasteiger partial charge in [0.15, 0.2) is 0 Å². The predicted molar refractivity (Wildman–Crippen MR) is 73.0 cm³/mol. The van der Waals surface area contributed by atoms with E-state index >= 15 is 0 Å². The van der Waals surface area contributed by atoms with E-state index in [0.717, 1.165) is 31.2 Å². The molecule has 1 heterocycles. The zero-order valence-electron chi connectivity index (χ0n) is 11.4. The summed E-state index contributed by atoms with van der Waals surface area (Å²) in [5.74, 6) is 1.77. The fourth-order valence-electron chi connectivity index (χ4n) is 2.70. The summed E-state index contributed by atoms with van der Waals surface area (Å²) in [5, 5.41) is 3.41. The Morgan fingerprint density at radius 1 is 1.22 bits per heavy atom. The van der Waals surface area contributed by atoms with E-state index < -0.39 is 0 Å². The van der Waals surface area contributed by atoms with Gasteiger partial charge in [-0.15, -0.1) is 0 Å². The molecule has 1 fully saturated rings. The molecule has 3 heteroatoms. The summed E-state index contributed by atoms with van der Waals surface area (Å²) in [6, 6.07) is 6.23. The van der Waals surface area contributed by atoms with Crippen LogP contribution < -0.4 is 10.1 Å². The van der Waals surface area contributed by atoms with Crippen molar-refractivity contribution >= 4 is 0 Å². The fourth-order valence-corrected chi connectivity index (χ4v) is 2.70. The highest BCUT2D eigenvalue weighted by Crippen LogP contribution is 2.28. The molecule has 0 radical (unpaired) electrons. The largest absolute Gasteiger partial charge is 0.496 e. The van der Waals surface area contributed by atoms with Crippen molar-refractivity contribution in [2.75, 3.05) is 27.3 Å². The SMILES string of the molecule is COCc1cccc(OC)c1CC1CCNCC1. The first-order chi connectivity index (χ1) is 8.85. The van der Waals surface area contributed by atoms with Gasteiger partial charge in [-0.25, -0.2) is 0 Å². The standard InChI is InChI=1S/C15H23NO2/c1-17-11-13-4-3-5-15(18-2)14(13)10-12-6-8-16-9-7-12/h3-5,12,16H,6-11H2,1-2H3. The van der Waals surface area contributed by atoms with Crippen molar-refractivity contribution in [3.05, 3.63) is 29.3 Å². The molecule has 0 saturated carbocycles. The zero-order chi connectivity index (χ0) is 12.8. The van der Waals surface area contributed by atoms with Crippen LogP contribution in [0.2, 0.25) is 0 Å². The van der Waals surface area contributed by atoms with Crippen LogP contribution in [0.4, 0.5) is 0 Å². The predicted octanol–water partition coefficient (Wildman–Crippen LogP) is 2.38. The highest BCUT2D eigenvalue weighted by Gasteiger charge is 2.17. The maximum Gasteiger partial charge on any atom is 0.122 e. The molecule has 18 heavy (non-hydrogen) atoms. The molecule has 1 saturated heterocycles. The molecule has 1 N–H and O–H groups in total. The van der Waals surface area contributed by atoms with E-state index in [1.807, 2.05) is 6.07 Å². The molecule has 0 aliphatic carbocycles. The summed E-state index contributed by atoms with van der Waals surface area (Å²) < 4.78 is 10.8. The number of ether oxygens (including phenoxy) is 2. The monoisotopic (exact) mass is 249 g/mol. The Bertz CT molecular complexity index is 373. The Labute approximate surface area is 109 Å². The molecule has 0 atom stereocenters. The second-order valence-corrected chi connectivity index (χ2v) is 4.93. The molecule has 1 aliphatic rings. The van der Waals surface area contributed by atoms with Crippen molar-refractivity contribution in [1.29, 1.82) is 0 Å². The average molecular weight is 249 g/mol. The van der Waals surface area contributed by atoms with Gasteiger partial charge in [-0.3, -0.25) is 0 Å². The van der Waals surface area contributed by atoms with Gasteiger partial charge in [0, 0.05) is 7.11 Å². The summed E-state index contributed by atoms with van der Waals surface area (Å²) in [4.78, 5) is 0. The second kappa shape index (κ2) is 6.76. The van der Waals surface area contributed by atoms with E-state index in [9.17, 15) is 0 Å². The van der Waals surface area contributed by atoms with E-state index in [1.165, 1.54) is 24.0 Å². The maximum atomic E-state index is 5.50. The molecule has 1 aromatic rings. The average Bonchev–Trinajstić information content (AvgIpc) is 2.42. The number of rotatable bonds is 5. The summed E-state index contributed by atoms with van der Waals surface area (Å²) in [6.07, 6.45) is 3.61. The zero-order valence-corrected chi connectivity index (χ0v) is 11.4. The summed E-state index contributed by atoms with van der Waals surface area (Å²) in [5.41, 5.74) is 2.59. The van der Waals surface area contributed by atoms with Crippen LogP contribution >= 0.6 is 0 Å². The lowest BCUT2D eigenvalue weighted by molar-refractivity contribution is 0.183. The molecule has 0 amide bonds. The third kappa shape index (κ3) is 3.24. The minimum Gasteiger partial charge on any atom is -0.496 e. The van der Waals surface area contributed by atoms with Gasteiger partial charge in [0.05, 0.1) is 13.7 Å². The lowest BCUT2D eigenvalue weighted by Gasteiger charge is -2.24. The Morgan fingerprint density at radius 3 is 2.67 bits per heavy atom. The van der Waals surface area contributed by atoms with Crippen LogP contribution in [-0.2, 0) is 17.8 Å². The second-order valence-electron chi connectivity index (χ2n) is 4.93. The van der Waals surface area contributed by atoms with Crippen LogP contribution in [0.5, 0.6) is 5.75 Å². The third-order valence-electron chi connectivity index (χ3n) is 3.70. The Kier molecular flexibility index (Phi) is 5.02. The minimum absolute atomic E-state index is 0.664. The van der Waals surface area contributed by atoms with E-state index in [4.69, 9.17) is 9.47 Å². The molecule has 1 aliphatic heterocycles. The van der Waals surface area contributed by atoms with E-state index in [2.05, 4.69) is 17.4 Å². The van der Waals surface area contributed by atoms with Crippen molar-refractivity contribution in [2.45, 2.75) is 25.9 Å². The van der Waals surface area contributed by atoms with Crippen LogP contribution in [0, 0.1) is 5.92 Å². The first-order valence-corrected chi connectivity index (χ1v) is 6.69. The van der Waals surface area contributed by atoms with Crippen LogP contribution in [0.1, 0.15) is 24.0 Å². The minimum atomic E-state index is 0.664. The lowest BCUT2D eigenvalue weighted by Crippen LogP contribution is -2.29. The summed E-state index contributed by atoms with van der Waals surface area (Å²) >= 11 is 0. The Hall–Kier alpha value is -1.06. The fraction of sp³-hybridized carbons (Fsp3) is 0.600. The number of piperidine rings is 1. The smallest absolute Gasteiger partial charge is 0.122 e. The number of hydrogen-bond acceptors (Lipinski definition) is 3. The topological polar surface area (TPSA) is 30.5 Å². The van der Waals surface area contributed by atoms with Crippen LogP contribution in [0.3, 0.4) is 0 Å². The Morgan fingerprint density at radius 2 is 2.00 bits per heavy atom. The van der Waals surface area contributed by atoms with E-state index in [1.54, 1.807) is 14.2 Å². The quantitative estimate of drug-likeness (QED) is 0.869. The summed E-state index contributed by atoms with van der Waals surface area (Å²) in [6.45, 7) is 2.94. The number of hydrogen-bond donors (Lipinski definition) is 1. The van der Waals surface area contributed by atoms with Crippen LogP contribution in [0.15, 0.2) is 18.2 Å². The van der Waals surface area contributed by atoms with Crippen molar-refractivity contribution in [3.8, 4) is 5.75 Å². The summed E-state index contributed by atoms with van der Waals surface area (Å²) in [7, 11) is 3.49. The van der Waals surface area contributed by atoms with Crippen LogP contribution in [-0.4, -0.2) is 27.3 Å². The van der Waals surface area contributed by atoms with Gasteiger partial charge in [0.25, 0.3) is 0 Å². The first-order valence-electron chi connectivity index (χ1n) is 6.69. The highest BCUT2D eigenvalue weighted by atomic mass is 16.5. The lowest BCUT2D eigenvalue weighted by atomic mass is 9.88. The van der Waals surface area contributed by atoms with Gasteiger partial charge in [0.2, 0.25) is 0 Å². The highest BCUT2D eigenvalue weighted by molar-refractivity contribution is 5.40. The van der Waals surface area contributed by atoms with Crippen molar-refractivity contribution in [1.82, 2.24) is 5.32 Å². The molecule has 1 aromatic carbocycles. The van der Waals surface area contributed by atoms with Gasteiger partial charge >= 0.3 is 0 Å². The molecular formula is C15H23NO2. The van der Waals surface area contributed by atoms with E-state index in [0.29, 0.717) is 6.61 Å². The van der Waals surface area contributed by atoms with Gasteiger partial charge < -0.3 is 14.8 Å². The van der Waals surface area contributed by atoms with Gasteiger partial charge in [-0.1, -0.05) is 12.1 Å². The molecule has 0 spiro atoms.